The van der Waals surface area contributed by atoms with Crippen LogP contribution in [0.3, 0.4) is 0 Å². The first-order valence-corrected chi connectivity index (χ1v) is 8.18. The Labute approximate surface area is 120 Å². The summed E-state index contributed by atoms with van der Waals surface area (Å²) in [6.45, 7) is 4.59. The van der Waals surface area contributed by atoms with Crippen LogP contribution in [0, 0.1) is 5.92 Å². The third kappa shape index (κ3) is 2.28. The summed E-state index contributed by atoms with van der Waals surface area (Å²) in [6.07, 6.45) is 2.55. The second-order valence-electron chi connectivity index (χ2n) is 5.01. The highest BCUT2D eigenvalue weighted by molar-refractivity contribution is 9.09. The van der Waals surface area contributed by atoms with Gasteiger partial charge < -0.3 is 4.90 Å². The lowest BCUT2D eigenvalue weighted by Gasteiger charge is -2.33. The lowest BCUT2D eigenvalue weighted by molar-refractivity contribution is 0.408. The summed E-state index contributed by atoms with van der Waals surface area (Å²) < 4.78 is 4.54. The second kappa shape index (κ2) is 5.17. The van der Waals surface area contributed by atoms with Gasteiger partial charge in [0.15, 0.2) is 0 Å². The SMILES string of the molecule is CC(Br)C1CCN(c2snc3ccccc23)CC1. The maximum absolute atomic E-state index is 4.54. The molecule has 0 N–H and O–H groups in total. The van der Waals surface area contributed by atoms with Crippen LogP contribution in [0.1, 0.15) is 19.8 Å². The second-order valence-corrected chi connectivity index (χ2v) is 7.20. The third-order valence-corrected chi connectivity index (χ3v) is 5.53. The van der Waals surface area contributed by atoms with Crippen molar-refractivity contribution in [1.29, 1.82) is 0 Å². The lowest BCUT2D eigenvalue weighted by atomic mass is 9.94. The Morgan fingerprint density at radius 2 is 2.06 bits per heavy atom. The van der Waals surface area contributed by atoms with Gasteiger partial charge in [-0.3, -0.25) is 0 Å². The smallest absolute Gasteiger partial charge is 0.119 e. The number of alkyl halides is 1. The molecule has 1 aromatic heterocycles. The van der Waals surface area contributed by atoms with Gasteiger partial charge in [-0.25, -0.2) is 0 Å². The number of anilines is 1. The number of nitrogens with zero attached hydrogens (tertiary/aromatic N) is 2. The van der Waals surface area contributed by atoms with E-state index in [2.05, 4.69) is 56.4 Å². The molecule has 0 bridgehead atoms. The van der Waals surface area contributed by atoms with E-state index >= 15 is 0 Å². The Balaban J connectivity index is 1.80. The van der Waals surface area contributed by atoms with Crippen LogP contribution in [0.5, 0.6) is 0 Å². The zero-order chi connectivity index (χ0) is 12.5. The molecule has 3 rings (SSSR count). The van der Waals surface area contributed by atoms with Gasteiger partial charge in [0.25, 0.3) is 0 Å². The molecule has 0 amide bonds. The first kappa shape index (κ1) is 12.4. The van der Waals surface area contributed by atoms with Crippen molar-refractivity contribution in [3.63, 3.8) is 0 Å². The molecular weight excluding hydrogens is 308 g/mol. The Hall–Kier alpha value is -0.610. The largest absolute Gasteiger partial charge is 0.362 e. The molecule has 4 heteroatoms. The summed E-state index contributed by atoms with van der Waals surface area (Å²) in [5, 5.41) is 2.67. The summed E-state index contributed by atoms with van der Waals surface area (Å²) in [5.74, 6) is 0.820. The highest BCUT2D eigenvalue weighted by Gasteiger charge is 2.24. The van der Waals surface area contributed by atoms with Crippen LogP contribution < -0.4 is 4.90 Å². The van der Waals surface area contributed by atoms with Crippen molar-refractivity contribution in [2.24, 2.45) is 5.92 Å². The zero-order valence-corrected chi connectivity index (χ0v) is 12.9. The topological polar surface area (TPSA) is 16.1 Å². The van der Waals surface area contributed by atoms with Gasteiger partial charge >= 0.3 is 0 Å². The van der Waals surface area contributed by atoms with Crippen molar-refractivity contribution in [3.8, 4) is 0 Å². The van der Waals surface area contributed by atoms with E-state index in [4.69, 9.17) is 0 Å². The average molecular weight is 325 g/mol. The number of rotatable bonds is 2. The molecule has 1 saturated heterocycles. The summed E-state index contributed by atoms with van der Waals surface area (Å²) >= 11 is 5.36. The molecule has 1 aliphatic heterocycles. The van der Waals surface area contributed by atoms with Gasteiger partial charge in [-0.1, -0.05) is 35.0 Å². The van der Waals surface area contributed by atoms with Gasteiger partial charge in [-0.15, -0.1) is 0 Å². The summed E-state index contributed by atoms with van der Waals surface area (Å²) in [7, 11) is 0. The minimum absolute atomic E-state index is 0.637. The third-order valence-electron chi connectivity index (χ3n) is 3.84. The van der Waals surface area contributed by atoms with E-state index in [1.54, 1.807) is 11.5 Å². The Bertz CT molecular complexity index is 529. The molecule has 18 heavy (non-hydrogen) atoms. The minimum Gasteiger partial charge on any atom is -0.362 e. The first-order valence-electron chi connectivity index (χ1n) is 6.49. The fourth-order valence-corrected chi connectivity index (χ4v) is 4.11. The van der Waals surface area contributed by atoms with Gasteiger partial charge in [0.1, 0.15) is 5.00 Å². The molecule has 1 fully saturated rings. The molecule has 0 saturated carbocycles. The zero-order valence-electron chi connectivity index (χ0n) is 10.5. The predicted molar refractivity (Wildman–Crippen MR) is 82.9 cm³/mol. The van der Waals surface area contributed by atoms with Gasteiger partial charge in [0.2, 0.25) is 0 Å². The number of hydrogen-bond donors (Lipinski definition) is 0. The van der Waals surface area contributed by atoms with E-state index in [-0.39, 0.29) is 0 Å². The van der Waals surface area contributed by atoms with Gasteiger partial charge in [-0.2, -0.15) is 4.37 Å². The first-order chi connectivity index (χ1) is 8.75. The summed E-state index contributed by atoms with van der Waals surface area (Å²) in [4.78, 5) is 3.14. The van der Waals surface area contributed by atoms with E-state index in [1.807, 2.05) is 0 Å². The fourth-order valence-electron chi connectivity index (χ4n) is 2.67. The van der Waals surface area contributed by atoms with Crippen molar-refractivity contribution >= 4 is 43.4 Å². The molecule has 0 radical (unpaired) electrons. The minimum atomic E-state index is 0.637. The normalized spacial score (nSPS) is 19.3. The molecule has 1 aromatic carbocycles. The Morgan fingerprint density at radius 1 is 1.33 bits per heavy atom. The molecule has 1 aliphatic rings. The number of halogens is 1. The molecule has 2 aromatic rings. The van der Waals surface area contributed by atoms with Crippen molar-refractivity contribution < 1.29 is 0 Å². The number of fused-ring (bicyclic) bond motifs is 1. The van der Waals surface area contributed by atoms with Crippen LogP contribution >= 0.6 is 27.5 Å². The lowest BCUT2D eigenvalue weighted by Crippen LogP contribution is -2.35. The van der Waals surface area contributed by atoms with Crippen LogP contribution in [-0.2, 0) is 0 Å². The fraction of sp³-hybridized carbons (Fsp3) is 0.500. The Morgan fingerprint density at radius 3 is 2.78 bits per heavy atom. The molecule has 2 nitrogen and oxygen atoms in total. The quantitative estimate of drug-likeness (QED) is 0.766. The van der Waals surface area contributed by atoms with Crippen LogP contribution in [0.2, 0.25) is 0 Å². The van der Waals surface area contributed by atoms with E-state index in [0.29, 0.717) is 4.83 Å². The van der Waals surface area contributed by atoms with Crippen molar-refractivity contribution in [1.82, 2.24) is 4.37 Å². The van der Waals surface area contributed by atoms with Crippen molar-refractivity contribution in [3.05, 3.63) is 24.3 Å². The summed E-state index contributed by atoms with van der Waals surface area (Å²) in [6, 6.07) is 8.45. The van der Waals surface area contributed by atoms with E-state index in [1.165, 1.54) is 23.2 Å². The predicted octanol–water partition coefficient (Wildman–Crippen LogP) is 4.30. The van der Waals surface area contributed by atoms with Crippen LogP contribution in [0.4, 0.5) is 5.00 Å². The highest BCUT2D eigenvalue weighted by atomic mass is 79.9. The number of hydrogen-bond acceptors (Lipinski definition) is 3. The average Bonchev–Trinajstić information content (AvgIpc) is 2.82. The molecule has 1 atom stereocenters. The number of aromatic nitrogens is 1. The van der Waals surface area contributed by atoms with E-state index < -0.39 is 0 Å². The number of piperidine rings is 1. The van der Waals surface area contributed by atoms with Crippen molar-refractivity contribution in [2.45, 2.75) is 24.6 Å². The molecular formula is C14H17BrN2S. The molecule has 2 heterocycles. The molecule has 0 spiro atoms. The van der Waals surface area contributed by atoms with Crippen LogP contribution in [0.25, 0.3) is 10.9 Å². The van der Waals surface area contributed by atoms with E-state index in [9.17, 15) is 0 Å². The highest BCUT2D eigenvalue weighted by Crippen LogP contribution is 2.35. The summed E-state index contributed by atoms with van der Waals surface area (Å²) in [5.41, 5.74) is 1.13. The van der Waals surface area contributed by atoms with Gasteiger partial charge in [-0.05, 0) is 42.4 Å². The van der Waals surface area contributed by atoms with Gasteiger partial charge in [0, 0.05) is 23.3 Å². The monoisotopic (exact) mass is 324 g/mol. The van der Waals surface area contributed by atoms with Crippen LogP contribution in [-0.4, -0.2) is 22.3 Å². The van der Waals surface area contributed by atoms with E-state index in [0.717, 1.165) is 24.5 Å². The van der Waals surface area contributed by atoms with Crippen LogP contribution in [0.15, 0.2) is 24.3 Å². The Kier molecular flexibility index (Phi) is 3.57. The maximum Gasteiger partial charge on any atom is 0.119 e. The molecule has 0 aliphatic carbocycles. The standard InChI is InChI=1S/C14H17BrN2S/c1-10(15)11-6-8-17(9-7-11)14-12-4-2-3-5-13(12)16-18-14/h2-5,10-11H,6-9H2,1H3. The molecule has 1 unspecified atom stereocenters. The number of benzene rings is 1. The maximum atomic E-state index is 4.54. The molecule has 96 valence electrons. The van der Waals surface area contributed by atoms with Gasteiger partial charge in [0.05, 0.1) is 5.52 Å². The van der Waals surface area contributed by atoms with Crippen molar-refractivity contribution in [2.75, 3.05) is 18.0 Å².